The van der Waals surface area contributed by atoms with E-state index in [0.717, 1.165) is 6.42 Å². The summed E-state index contributed by atoms with van der Waals surface area (Å²) in [6.45, 7) is 2.84. The molecule has 0 spiro atoms. The largest absolute Gasteiger partial charge is 0.378 e. The zero-order chi connectivity index (χ0) is 12.3. The number of rotatable bonds is 4. The number of nitrogens with one attached hydrogen (secondary N) is 2. The van der Waals surface area contributed by atoms with Crippen molar-refractivity contribution in [2.24, 2.45) is 0 Å². The van der Waals surface area contributed by atoms with Crippen molar-refractivity contribution < 1.29 is 0 Å². The van der Waals surface area contributed by atoms with Gasteiger partial charge in [0.25, 0.3) is 5.56 Å². The third-order valence-electron chi connectivity index (χ3n) is 2.31. The van der Waals surface area contributed by atoms with Crippen LogP contribution in [-0.4, -0.2) is 10.2 Å². The van der Waals surface area contributed by atoms with Crippen LogP contribution in [0.2, 0.25) is 0 Å². The zero-order valence-corrected chi connectivity index (χ0v) is 11.7. The van der Waals surface area contributed by atoms with Gasteiger partial charge < -0.3 is 5.32 Å². The monoisotopic (exact) mass is 313 g/mol. The molecule has 0 aliphatic heterocycles. The highest BCUT2D eigenvalue weighted by Gasteiger charge is 2.04. The Morgan fingerprint density at radius 1 is 1.47 bits per heavy atom. The van der Waals surface area contributed by atoms with Crippen molar-refractivity contribution in [3.05, 3.63) is 42.9 Å². The van der Waals surface area contributed by atoms with Gasteiger partial charge in [-0.1, -0.05) is 6.92 Å². The molecule has 2 rings (SSSR count). The van der Waals surface area contributed by atoms with Crippen LogP contribution in [0, 0.1) is 0 Å². The number of aromatic amines is 1. The zero-order valence-electron chi connectivity index (χ0n) is 9.29. The average Bonchev–Trinajstić information content (AvgIpc) is 2.79. The molecule has 2 aromatic heterocycles. The first kappa shape index (κ1) is 12.3. The molecule has 17 heavy (non-hydrogen) atoms. The standard InChI is InChI=1S/C11H12BrN3OS/c1-2-7-3-4-8(17-7)5-13-9-6-14-15-11(16)10(9)12/h3-4,6H,2,5H2,1H3,(H2,13,15,16). The van der Waals surface area contributed by atoms with Crippen molar-refractivity contribution in [3.63, 3.8) is 0 Å². The fourth-order valence-corrected chi connectivity index (χ4v) is 2.63. The van der Waals surface area contributed by atoms with Crippen LogP contribution in [0.1, 0.15) is 16.7 Å². The second-order valence-corrected chi connectivity index (χ2v) is 5.55. The summed E-state index contributed by atoms with van der Waals surface area (Å²) in [5.74, 6) is 0. The molecule has 2 heterocycles. The topological polar surface area (TPSA) is 57.8 Å². The van der Waals surface area contributed by atoms with E-state index in [4.69, 9.17) is 0 Å². The van der Waals surface area contributed by atoms with Gasteiger partial charge >= 0.3 is 0 Å². The maximum absolute atomic E-state index is 11.3. The molecule has 0 saturated heterocycles. The fraction of sp³-hybridized carbons (Fsp3) is 0.273. The molecule has 2 N–H and O–H groups in total. The Morgan fingerprint density at radius 2 is 2.24 bits per heavy atom. The van der Waals surface area contributed by atoms with Crippen molar-refractivity contribution in [2.45, 2.75) is 19.9 Å². The molecule has 0 aromatic carbocycles. The van der Waals surface area contributed by atoms with Gasteiger partial charge in [-0.2, -0.15) is 5.10 Å². The highest BCUT2D eigenvalue weighted by atomic mass is 79.9. The van der Waals surface area contributed by atoms with Gasteiger partial charge in [0.1, 0.15) is 4.47 Å². The lowest BCUT2D eigenvalue weighted by Gasteiger charge is -2.05. The predicted octanol–water partition coefficient (Wildman–Crippen LogP) is 2.77. The summed E-state index contributed by atoms with van der Waals surface area (Å²) in [6.07, 6.45) is 2.65. The molecule has 0 radical (unpaired) electrons. The minimum atomic E-state index is -0.226. The number of aryl methyl sites for hydroxylation is 1. The van der Waals surface area contributed by atoms with Crippen molar-refractivity contribution >= 4 is 33.0 Å². The molecule has 0 saturated carbocycles. The van der Waals surface area contributed by atoms with E-state index < -0.39 is 0 Å². The molecule has 2 aromatic rings. The molecule has 0 unspecified atom stereocenters. The molecule has 0 atom stereocenters. The average molecular weight is 314 g/mol. The summed E-state index contributed by atoms with van der Waals surface area (Å²) in [6, 6.07) is 4.23. The van der Waals surface area contributed by atoms with Crippen LogP contribution in [0.5, 0.6) is 0 Å². The predicted molar refractivity (Wildman–Crippen MR) is 73.6 cm³/mol. The van der Waals surface area contributed by atoms with E-state index in [1.54, 1.807) is 17.5 Å². The van der Waals surface area contributed by atoms with Crippen molar-refractivity contribution in [1.82, 2.24) is 10.2 Å². The van der Waals surface area contributed by atoms with Crippen LogP contribution < -0.4 is 10.9 Å². The van der Waals surface area contributed by atoms with Crippen LogP contribution in [0.3, 0.4) is 0 Å². The molecular formula is C11H12BrN3OS. The molecule has 0 bridgehead atoms. The number of H-pyrrole nitrogens is 1. The van der Waals surface area contributed by atoms with Crippen LogP contribution in [0.4, 0.5) is 5.69 Å². The number of hydrogen-bond donors (Lipinski definition) is 2. The first-order chi connectivity index (χ1) is 8.20. The van der Waals surface area contributed by atoms with Gasteiger partial charge in [0, 0.05) is 16.3 Å². The summed E-state index contributed by atoms with van der Waals surface area (Å²) in [7, 11) is 0. The lowest BCUT2D eigenvalue weighted by atomic mass is 10.3. The van der Waals surface area contributed by atoms with E-state index in [1.165, 1.54) is 9.75 Å². The SMILES string of the molecule is CCc1ccc(CNc2cn[nH]c(=O)c2Br)s1. The Morgan fingerprint density at radius 3 is 2.94 bits per heavy atom. The Kier molecular flexibility index (Phi) is 3.96. The molecule has 0 amide bonds. The third-order valence-corrected chi connectivity index (χ3v) is 4.33. The van der Waals surface area contributed by atoms with Gasteiger partial charge in [-0.05, 0) is 34.5 Å². The smallest absolute Gasteiger partial charge is 0.280 e. The van der Waals surface area contributed by atoms with E-state index in [1.807, 2.05) is 0 Å². The number of nitrogens with zero attached hydrogens (tertiary/aromatic N) is 1. The van der Waals surface area contributed by atoms with Crippen molar-refractivity contribution in [3.8, 4) is 0 Å². The number of thiophene rings is 1. The highest BCUT2D eigenvalue weighted by molar-refractivity contribution is 9.10. The molecule has 4 nitrogen and oxygen atoms in total. The van der Waals surface area contributed by atoms with Crippen molar-refractivity contribution in [2.75, 3.05) is 5.32 Å². The normalized spacial score (nSPS) is 10.5. The Bertz CT molecular complexity index is 564. The van der Waals surface area contributed by atoms with Gasteiger partial charge in [0.15, 0.2) is 0 Å². The van der Waals surface area contributed by atoms with Crippen LogP contribution in [0.15, 0.2) is 27.6 Å². The first-order valence-corrected chi connectivity index (χ1v) is 6.86. The Labute approximate surface area is 111 Å². The van der Waals surface area contributed by atoms with Crippen LogP contribution >= 0.6 is 27.3 Å². The van der Waals surface area contributed by atoms with Crippen LogP contribution in [-0.2, 0) is 13.0 Å². The summed E-state index contributed by atoms with van der Waals surface area (Å²) in [5.41, 5.74) is 0.482. The third kappa shape index (κ3) is 2.95. The number of hydrogen-bond acceptors (Lipinski definition) is 4. The molecule has 0 aliphatic rings. The maximum atomic E-state index is 11.3. The molecule has 0 fully saturated rings. The minimum Gasteiger partial charge on any atom is -0.378 e. The number of halogens is 1. The van der Waals surface area contributed by atoms with E-state index >= 15 is 0 Å². The minimum absolute atomic E-state index is 0.226. The van der Waals surface area contributed by atoms with E-state index in [-0.39, 0.29) is 5.56 Å². The Balaban J connectivity index is 2.07. The summed E-state index contributed by atoms with van der Waals surface area (Å²) in [4.78, 5) is 13.9. The molecule has 6 heteroatoms. The lowest BCUT2D eigenvalue weighted by molar-refractivity contribution is 0.973. The lowest BCUT2D eigenvalue weighted by Crippen LogP contribution is -2.11. The second kappa shape index (κ2) is 5.46. The van der Waals surface area contributed by atoms with E-state index in [0.29, 0.717) is 16.7 Å². The van der Waals surface area contributed by atoms with Crippen LogP contribution in [0.25, 0.3) is 0 Å². The quantitative estimate of drug-likeness (QED) is 0.912. The second-order valence-electron chi connectivity index (χ2n) is 3.50. The van der Waals surface area contributed by atoms with E-state index in [2.05, 4.69) is 50.5 Å². The molecule has 90 valence electrons. The summed E-state index contributed by atoms with van der Waals surface area (Å²) >= 11 is 5.01. The maximum Gasteiger partial charge on any atom is 0.280 e. The Hall–Kier alpha value is -1.14. The summed E-state index contributed by atoms with van der Waals surface area (Å²) in [5, 5.41) is 9.30. The van der Waals surface area contributed by atoms with Gasteiger partial charge in [-0.25, -0.2) is 5.10 Å². The number of aromatic nitrogens is 2. The molecule has 0 aliphatic carbocycles. The van der Waals surface area contributed by atoms with Gasteiger partial charge in [-0.15, -0.1) is 11.3 Å². The first-order valence-electron chi connectivity index (χ1n) is 5.25. The van der Waals surface area contributed by atoms with Crippen molar-refractivity contribution in [1.29, 1.82) is 0 Å². The number of anilines is 1. The summed E-state index contributed by atoms with van der Waals surface area (Å²) < 4.78 is 0.486. The van der Waals surface area contributed by atoms with Gasteiger partial charge in [0.2, 0.25) is 0 Å². The van der Waals surface area contributed by atoms with Gasteiger partial charge in [0.05, 0.1) is 11.9 Å². The highest BCUT2D eigenvalue weighted by Crippen LogP contribution is 2.20. The molecular weight excluding hydrogens is 302 g/mol. The van der Waals surface area contributed by atoms with Gasteiger partial charge in [-0.3, -0.25) is 4.79 Å². The van der Waals surface area contributed by atoms with E-state index in [9.17, 15) is 4.79 Å². The fourth-order valence-electron chi connectivity index (χ4n) is 1.40.